The third-order valence-electron chi connectivity index (χ3n) is 3.42. The Morgan fingerprint density at radius 3 is 3.10 bits per heavy atom. The third kappa shape index (κ3) is 2.00. The van der Waals surface area contributed by atoms with Crippen molar-refractivity contribution in [1.29, 1.82) is 0 Å². The smallest absolute Gasteiger partial charge is 0.356 e. The van der Waals surface area contributed by atoms with Crippen molar-refractivity contribution in [3.8, 4) is 0 Å². The Balaban J connectivity index is 2.14. The Hall–Kier alpha value is -2.12. The highest BCUT2D eigenvalue weighted by molar-refractivity contribution is 5.93. The van der Waals surface area contributed by atoms with E-state index in [0.29, 0.717) is 31.2 Å². The number of aliphatic hydroxyl groups excluding tert-OH is 1. The quantitative estimate of drug-likeness (QED) is 0.835. The number of carbonyl (C=O) groups is 1. The zero-order chi connectivity index (χ0) is 14.1. The van der Waals surface area contributed by atoms with E-state index in [4.69, 9.17) is 4.74 Å². The summed E-state index contributed by atoms with van der Waals surface area (Å²) in [7, 11) is 0. The van der Waals surface area contributed by atoms with Crippen molar-refractivity contribution in [3.63, 3.8) is 0 Å². The van der Waals surface area contributed by atoms with Gasteiger partial charge >= 0.3 is 5.97 Å². The average Bonchev–Trinajstić information content (AvgIpc) is 2.86. The normalized spacial score (nSPS) is 19.4. The first-order valence-electron chi connectivity index (χ1n) is 6.38. The minimum atomic E-state index is -1.04. The molecule has 1 aliphatic heterocycles. The Labute approximate surface area is 115 Å². The van der Waals surface area contributed by atoms with Crippen molar-refractivity contribution in [3.05, 3.63) is 30.1 Å². The van der Waals surface area contributed by atoms with Crippen molar-refractivity contribution in [1.82, 2.24) is 9.38 Å². The van der Waals surface area contributed by atoms with Crippen LogP contribution >= 0.6 is 0 Å². The molecule has 1 aliphatic rings. The minimum absolute atomic E-state index is 0.104. The van der Waals surface area contributed by atoms with Gasteiger partial charge in [0.2, 0.25) is 0 Å². The topological polar surface area (TPSA) is 87.3 Å². The van der Waals surface area contributed by atoms with Gasteiger partial charge in [0.15, 0.2) is 11.5 Å². The van der Waals surface area contributed by atoms with Gasteiger partial charge in [-0.3, -0.25) is 4.40 Å². The summed E-state index contributed by atoms with van der Waals surface area (Å²) in [6.07, 6.45) is 1.67. The number of morpholine rings is 1. The monoisotopic (exact) mass is 277 g/mol. The van der Waals surface area contributed by atoms with Crippen LogP contribution in [0.25, 0.3) is 5.65 Å². The molecule has 0 saturated carbocycles. The molecule has 20 heavy (non-hydrogen) atoms. The molecule has 3 rings (SSSR count). The summed E-state index contributed by atoms with van der Waals surface area (Å²) in [4.78, 5) is 17.8. The lowest BCUT2D eigenvalue weighted by molar-refractivity contribution is 0.0669. The minimum Gasteiger partial charge on any atom is -0.476 e. The summed E-state index contributed by atoms with van der Waals surface area (Å²) in [5, 5.41) is 18.9. The molecule has 1 atom stereocenters. The summed E-state index contributed by atoms with van der Waals surface area (Å²) >= 11 is 0. The van der Waals surface area contributed by atoms with Gasteiger partial charge < -0.3 is 19.8 Å². The van der Waals surface area contributed by atoms with Gasteiger partial charge in [0.1, 0.15) is 5.65 Å². The Morgan fingerprint density at radius 2 is 2.35 bits per heavy atom. The number of anilines is 1. The van der Waals surface area contributed by atoms with Crippen LogP contribution in [0.3, 0.4) is 0 Å². The van der Waals surface area contributed by atoms with E-state index in [2.05, 4.69) is 4.98 Å². The molecule has 1 fully saturated rings. The van der Waals surface area contributed by atoms with Crippen molar-refractivity contribution in [2.75, 3.05) is 31.3 Å². The lowest BCUT2D eigenvalue weighted by atomic mass is 10.2. The number of aliphatic hydroxyl groups is 1. The number of fused-ring (bicyclic) bond motifs is 1. The van der Waals surface area contributed by atoms with Gasteiger partial charge in [-0.1, -0.05) is 6.07 Å². The second-order valence-corrected chi connectivity index (χ2v) is 4.62. The first-order valence-corrected chi connectivity index (χ1v) is 6.38. The number of carboxylic acid groups (broad SMARTS) is 1. The van der Waals surface area contributed by atoms with Crippen LogP contribution in [0.15, 0.2) is 24.4 Å². The second kappa shape index (κ2) is 5.10. The number of carboxylic acids is 1. The van der Waals surface area contributed by atoms with E-state index >= 15 is 0 Å². The molecule has 3 heterocycles. The van der Waals surface area contributed by atoms with Crippen molar-refractivity contribution in [2.24, 2.45) is 0 Å². The SMILES string of the molecule is O=C(O)c1c(N2CCOCC2CO)nc2ccccn12. The van der Waals surface area contributed by atoms with E-state index in [0.717, 1.165) is 0 Å². The molecular formula is C13H15N3O4. The van der Waals surface area contributed by atoms with Gasteiger partial charge in [-0.2, -0.15) is 0 Å². The van der Waals surface area contributed by atoms with E-state index in [1.807, 2.05) is 0 Å². The molecule has 2 aromatic heterocycles. The highest BCUT2D eigenvalue weighted by Crippen LogP contribution is 2.25. The molecular weight excluding hydrogens is 262 g/mol. The number of rotatable bonds is 3. The largest absolute Gasteiger partial charge is 0.476 e. The van der Waals surface area contributed by atoms with E-state index < -0.39 is 5.97 Å². The number of nitrogens with zero attached hydrogens (tertiary/aromatic N) is 3. The lowest BCUT2D eigenvalue weighted by Gasteiger charge is -2.34. The van der Waals surface area contributed by atoms with Gasteiger partial charge in [-0.05, 0) is 12.1 Å². The number of ether oxygens (including phenoxy) is 1. The molecule has 7 heteroatoms. The second-order valence-electron chi connectivity index (χ2n) is 4.62. The van der Waals surface area contributed by atoms with Gasteiger partial charge in [0.05, 0.1) is 25.9 Å². The van der Waals surface area contributed by atoms with Crippen LogP contribution in [0, 0.1) is 0 Å². The average molecular weight is 277 g/mol. The maximum absolute atomic E-state index is 11.6. The van der Waals surface area contributed by atoms with Crippen molar-refractivity contribution in [2.45, 2.75) is 6.04 Å². The molecule has 0 bridgehead atoms. The zero-order valence-electron chi connectivity index (χ0n) is 10.8. The van der Waals surface area contributed by atoms with Crippen LogP contribution in [-0.4, -0.2) is 58.0 Å². The highest BCUT2D eigenvalue weighted by Gasteiger charge is 2.30. The lowest BCUT2D eigenvalue weighted by Crippen LogP contribution is -2.48. The molecule has 2 aromatic rings. The number of aromatic carboxylic acids is 1. The number of hydrogen-bond donors (Lipinski definition) is 2. The fraction of sp³-hybridized carbons (Fsp3) is 0.385. The Kier molecular flexibility index (Phi) is 3.29. The van der Waals surface area contributed by atoms with Gasteiger partial charge in [0, 0.05) is 12.7 Å². The first-order chi connectivity index (χ1) is 9.72. The van der Waals surface area contributed by atoms with Gasteiger partial charge in [0.25, 0.3) is 0 Å². The van der Waals surface area contributed by atoms with E-state index in [9.17, 15) is 15.0 Å². The predicted octanol–water partition coefficient (Wildman–Crippen LogP) is 0.230. The summed E-state index contributed by atoms with van der Waals surface area (Å²) < 4.78 is 6.86. The van der Waals surface area contributed by atoms with Crippen LogP contribution in [0.1, 0.15) is 10.5 Å². The van der Waals surface area contributed by atoms with Crippen LogP contribution in [0.4, 0.5) is 5.82 Å². The van der Waals surface area contributed by atoms with E-state index in [1.54, 1.807) is 33.7 Å². The van der Waals surface area contributed by atoms with Crippen molar-refractivity contribution < 1.29 is 19.7 Å². The number of imidazole rings is 1. The van der Waals surface area contributed by atoms with Gasteiger partial charge in [-0.25, -0.2) is 9.78 Å². The zero-order valence-corrected chi connectivity index (χ0v) is 10.8. The molecule has 7 nitrogen and oxygen atoms in total. The standard InChI is InChI=1S/C13H15N3O4/c17-7-9-8-20-6-5-15(9)12-11(13(18)19)16-4-2-1-3-10(16)14-12/h1-4,9,17H,5-8H2,(H,18,19). The third-order valence-corrected chi connectivity index (χ3v) is 3.42. The van der Waals surface area contributed by atoms with Gasteiger partial charge in [-0.15, -0.1) is 0 Å². The van der Waals surface area contributed by atoms with Crippen LogP contribution in [-0.2, 0) is 4.74 Å². The summed E-state index contributed by atoms with van der Waals surface area (Å²) in [5.41, 5.74) is 0.684. The van der Waals surface area contributed by atoms with E-state index in [1.165, 1.54) is 0 Å². The predicted molar refractivity (Wildman–Crippen MR) is 71.2 cm³/mol. The van der Waals surface area contributed by atoms with E-state index in [-0.39, 0.29) is 18.3 Å². The molecule has 0 aromatic carbocycles. The Bertz CT molecular complexity index is 640. The summed E-state index contributed by atoms with van der Waals surface area (Å²) in [6.45, 7) is 1.26. The molecule has 0 radical (unpaired) electrons. The van der Waals surface area contributed by atoms with Crippen LogP contribution < -0.4 is 4.90 Å². The van der Waals surface area contributed by atoms with Crippen molar-refractivity contribution >= 4 is 17.4 Å². The number of aromatic nitrogens is 2. The summed E-state index contributed by atoms with van der Waals surface area (Å²) in [5.74, 6) is -0.659. The fourth-order valence-corrected chi connectivity index (χ4v) is 2.47. The molecule has 1 unspecified atom stereocenters. The molecule has 106 valence electrons. The maximum atomic E-state index is 11.6. The molecule has 2 N–H and O–H groups in total. The number of hydrogen-bond acceptors (Lipinski definition) is 5. The van der Waals surface area contributed by atoms with Crippen LogP contribution in [0.2, 0.25) is 0 Å². The molecule has 1 saturated heterocycles. The Morgan fingerprint density at radius 1 is 1.50 bits per heavy atom. The molecule has 0 spiro atoms. The highest BCUT2D eigenvalue weighted by atomic mass is 16.5. The maximum Gasteiger partial charge on any atom is 0.356 e. The van der Waals surface area contributed by atoms with Crippen LogP contribution in [0.5, 0.6) is 0 Å². The summed E-state index contributed by atoms with van der Waals surface area (Å²) in [6, 6.07) is 5.05. The fourth-order valence-electron chi connectivity index (χ4n) is 2.47. The molecule has 0 amide bonds. The molecule has 0 aliphatic carbocycles. The first kappa shape index (κ1) is 12.9. The number of pyridine rings is 1.